The third kappa shape index (κ3) is 1.61. The Kier molecular flexibility index (Phi) is 2.73. The quantitative estimate of drug-likeness (QED) is 0.659. The van der Waals surface area contributed by atoms with Gasteiger partial charge in [0.25, 0.3) is 0 Å². The highest BCUT2D eigenvalue weighted by Gasteiger charge is 2.41. The fourth-order valence-corrected chi connectivity index (χ4v) is 2.07. The Hall–Kier alpha value is -0.570. The molecule has 0 aliphatic heterocycles. The molecule has 1 aliphatic rings. The number of carboxylic acids is 1. The summed E-state index contributed by atoms with van der Waals surface area (Å²) in [5.41, 5.74) is -0.836. The molecule has 12 heavy (non-hydrogen) atoms. The summed E-state index contributed by atoms with van der Waals surface area (Å²) in [6.45, 7) is 1.83. The van der Waals surface area contributed by atoms with Crippen molar-refractivity contribution >= 4 is 5.97 Å². The van der Waals surface area contributed by atoms with Crippen molar-refractivity contribution in [1.29, 1.82) is 0 Å². The molecule has 0 amide bonds. The van der Waals surface area contributed by atoms with Crippen LogP contribution >= 0.6 is 0 Å². The molecule has 1 rings (SSSR count). The number of hydrogen-bond acceptors (Lipinski definition) is 2. The van der Waals surface area contributed by atoms with Gasteiger partial charge >= 0.3 is 5.97 Å². The van der Waals surface area contributed by atoms with E-state index in [0.29, 0.717) is 18.8 Å². The van der Waals surface area contributed by atoms with E-state index in [1.807, 2.05) is 6.92 Å². The SMILES string of the molecule is CC1CCCC(CO)(C(=O)O)C1. The summed E-state index contributed by atoms with van der Waals surface area (Å²) >= 11 is 0. The molecule has 2 unspecified atom stereocenters. The van der Waals surface area contributed by atoms with Crippen LogP contribution in [0.4, 0.5) is 0 Å². The van der Waals surface area contributed by atoms with Crippen LogP contribution in [0, 0.1) is 11.3 Å². The van der Waals surface area contributed by atoms with Crippen LogP contribution in [0.3, 0.4) is 0 Å². The summed E-state index contributed by atoms with van der Waals surface area (Å²) < 4.78 is 0. The number of rotatable bonds is 2. The summed E-state index contributed by atoms with van der Waals surface area (Å²) in [6, 6.07) is 0. The Morgan fingerprint density at radius 2 is 2.33 bits per heavy atom. The second-order valence-electron chi connectivity index (χ2n) is 3.95. The molecule has 0 saturated heterocycles. The largest absolute Gasteiger partial charge is 0.481 e. The zero-order valence-electron chi connectivity index (χ0n) is 7.42. The van der Waals surface area contributed by atoms with Crippen LogP contribution in [0.5, 0.6) is 0 Å². The molecular weight excluding hydrogens is 156 g/mol. The highest BCUT2D eigenvalue weighted by molar-refractivity contribution is 5.74. The van der Waals surface area contributed by atoms with Crippen molar-refractivity contribution in [3.8, 4) is 0 Å². The molecule has 0 aromatic rings. The molecule has 1 aliphatic carbocycles. The predicted octanol–water partition coefficient (Wildman–Crippen LogP) is 1.26. The van der Waals surface area contributed by atoms with Gasteiger partial charge in [0.1, 0.15) is 0 Å². The topological polar surface area (TPSA) is 57.5 Å². The van der Waals surface area contributed by atoms with Crippen LogP contribution < -0.4 is 0 Å². The molecule has 0 aromatic carbocycles. The molecule has 2 N–H and O–H groups in total. The summed E-state index contributed by atoms with van der Waals surface area (Å²) in [4.78, 5) is 10.9. The van der Waals surface area contributed by atoms with Gasteiger partial charge in [0.2, 0.25) is 0 Å². The first-order valence-electron chi connectivity index (χ1n) is 4.45. The van der Waals surface area contributed by atoms with Gasteiger partial charge in [-0.1, -0.05) is 19.8 Å². The summed E-state index contributed by atoms with van der Waals surface area (Å²) in [7, 11) is 0. The normalized spacial score (nSPS) is 36.3. The highest BCUT2D eigenvalue weighted by atomic mass is 16.4. The minimum atomic E-state index is -0.837. The smallest absolute Gasteiger partial charge is 0.311 e. The van der Waals surface area contributed by atoms with Crippen LogP contribution in [0.25, 0.3) is 0 Å². The van der Waals surface area contributed by atoms with Crippen molar-refractivity contribution in [2.75, 3.05) is 6.61 Å². The van der Waals surface area contributed by atoms with E-state index in [1.54, 1.807) is 0 Å². The summed E-state index contributed by atoms with van der Waals surface area (Å²) in [5.74, 6) is -0.404. The van der Waals surface area contributed by atoms with Gasteiger partial charge in [-0.05, 0) is 18.8 Å². The zero-order valence-corrected chi connectivity index (χ0v) is 7.42. The molecule has 1 fully saturated rings. The maximum atomic E-state index is 10.9. The van der Waals surface area contributed by atoms with E-state index in [9.17, 15) is 4.79 Å². The average Bonchev–Trinajstić information content (AvgIpc) is 2.04. The monoisotopic (exact) mass is 172 g/mol. The molecular formula is C9H16O3. The van der Waals surface area contributed by atoms with Gasteiger partial charge in [0, 0.05) is 0 Å². The number of hydrogen-bond donors (Lipinski definition) is 2. The average molecular weight is 172 g/mol. The molecule has 70 valence electrons. The summed E-state index contributed by atoms with van der Waals surface area (Å²) in [6.07, 6.45) is 3.27. The van der Waals surface area contributed by atoms with Gasteiger partial charge in [0.05, 0.1) is 12.0 Å². The molecule has 2 atom stereocenters. The minimum absolute atomic E-state index is 0.216. The predicted molar refractivity (Wildman–Crippen MR) is 44.8 cm³/mol. The number of carbonyl (C=O) groups is 1. The number of aliphatic carboxylic acids is 1. The Morgan fingerprint density at radius 3 is 2.67 bits per heavy atom. The first-order valence-corrected chi connectivity index (χ1v) is 4.45. The lowest BCUT2D eigenvalue weighted by Crippen LogP contribution is -2.39. The Balaban J connectivity index is 2.71. The maximum absolute atomic E-state index is 10.9. The van der Waals surface area contributed by atoms with Gasteiger partial charge in [0.15, 0.2) is 0 Å². The molecule has 0 spiro atoms. The molecule has 1 saturated carbocycles. The lowest BCUT2D eigenvalue weighted by Gasteiger charge is -2.34. The zero-order chi connectivity index (χ0) is 9.19. The van der Waals surface area contributed by atoms with E-state index < -0.39 is 11.4 Å². The second kappa shape index (κ2) is 3.44. The van der Waals surface area contributed by atoms with Crippen molar-refractivity contribution in [1.82, 2.24) is 0 Å². The van der Waals surface area contributed by atoms with Crippen LogP contribution in [0.15, 0.2) is 0 Å². The molecule has 0 heterocycles. The van der Waals surface area contributed by atoms with E-state index in [-0.39, 0.29) is 6.61 Å². The molecule has 0 radical (unpaired) electrons. The van der Waals surface area contributed by atoms with Gasteiger partial charge in [-0.2, -0.15) is 0 Å². The Bertz CT molecular complexity index is 179. The minimum Gasteiger partial charge on any atom is -0.481 e. The van der Waals surface area contributed by atoms with E-state index in [0.717, 1.165) is 12.8 Å². The number of aliphatic hydroxyl groups excluding tert-OH is 1. The summed E-state index contributed by atoms with van der Waals surface area (Å²) in [5, 5.41) is 18.0. The van der Waals surface area contributed by atoms with Crippen LogP contribution in [-0.2, 0) is 4.79 Å². The fourth-order valence-electron chi connectivity index (χ4n) is 2.07. The maximum Gasteiger partial charge on any atom is 0.311 e. The van der Waals surface area contributed by atoms with Crippen molar-refractivity contribution in [2.24, 2.45) is 11.3 Å². The molecule has 3 nitrogen and oxygen atoms in total. The standard InChI is InChI=1S/C9H16O3/c1-7-3-2-4-9(5-7,6-10)8(11)12/h7,10H,2-6H2,1H3,(H,11,12). The van der Waals surface area contributed by atoms with Gasteiger partial charge < -0.3 is 10.2 Å². The molecule has 0 bridgehead atoms. The van der Waals surface area contributed by atoms with Crippen LogP contribution in [0.2, 0.25) is 0 Å². The second-order valence-corrected chi connectivity index (χ2v) is 3.95. The molecule has 3 heteroatoms. The Labute approximate surface area is 72.4 Å². The number of aliphatic hydroxyl groups is 1. The van der Waals surface area contributed by atoms with Crippen molar-refractivity contribution in [2.45, 2.75) is 32.6 Å². The van der Waals surface area contributed by atoms with E-state index in [1.165, 1.54) is 0 Å². The fraction of sp³-hybridized carbons (Fsp3) is 0.889. The van der Waals surface area contributed by atoms with E-state index in [4.69, 9.17) is 10.2 Å². The van der Waals surface area contributed by atoms with E-state index in [2.05, 4.69) is 0 Å². The van der Waals surface area contributed by atoms with Crippen LogP contribution in [0.1, 0.15) is 32.6 Å². The van der Waals surface area contributed by atoms with Crippen molar-refractivity contribution in [3.05, 3.63) is 0 Å². The van der Waals surface area contributed by atoms with Crippen molar-refractivity contribution < 1.29 is 15.0 Å². The first-order chi connectivity index (χ1) is 5.60. The van der Waals surface area contributed by atoms with Crippen LogP contribution in [-0.4, -0.2) is 22.8 Å². The van der Waals surface area contributed by atoms with Gasteiger partial charge in [-0.25, -0.2) is 0 Å². The number of carboxylic acid groups (broad SMARTS) is 1. The first kappa shape index (κ1) is 9.52. The third-order valence-electron chi connectivity index (χ3n) is 2.85. The highest BCUT2D eigenvalue weighted by Crippen LogP contribution is 2.38. The molecule has 0 aromatic heterocycles. The van der Waals surface area contributed by atoms with Gasteiger partial charge in [-0.3, -0.25) is 4.79 Å². The Morgan fingerprint density at radius 1 is 1.67 bits per heavy atom. The third-order valence-corrected chi connectivity index (χ3v) is 2.85. The van der Waals surface area contributed by atoms with Gasteiger partial charge in [-0.15, -0.1) is 0 Å². The lowest BCUT2D eigenvalue weighted by atomic mass is 9.70. The lowest BCUT2D eigenvalue weighted by molar-refractivity contribution is -0.155. The van der Waals surface area contributed by atoms with Crippen molar-refractivity contribution in [3.63, 3.8) is 0 Å². The van der Waals surface area contributed by atoms with E-state index >= 15 is 0 Å².